The minimum Gasteiger partial charge on any atom is -0.340 e. The maximum Gasteiger partial charge on any atom is 0.227 e. The first-order chi connectivity index (χ1) is 13.3. The number of piperazine rings is 1. The summed E-state index contributed by atoms with van der Waals surface area (Å²) in [6.07, 6.45) is 8.17. The third-order valence-corrected chi connectivity index (χ3v) is 5.07. The quantitative estimate of drug-likeness (QED) is 0.703. The zero-order chi connectivity index (χ0) is 18.5. The summed E-state index contributed by atoms with van der Waals surface area (Å²) in [5, 5.41) is 0. The number of hydrogen-bond donors (Lipinski definition) is 0. The third kappa shape index (κ3) is 4.44. The summed E-state index contributed by atoms with van der Waals surface area (Å²) in [5.41, 5.74) is 3.45. The van der Waals surface area contributed by atoms with Gasteiger partial charge >= 0.3 is 0 Å². The largest absolute Gasteiger partial charge is 0.340 e. The van der Waals surface area contributed by atoms with E-state index in [2.05, 4.69) is 38.7 Å². The van der Waals surface area contributed by atoms with Crippen LogP contribution >= 0.6 is 0 Å². The molecule has 27 heavy (non-hydrogen) atoms. The Kier molecular flexibility index (Phi) is 5.30. The lowest BCUT2D eigenvalue weighted by atomic mass is 10.1. The molecule has 3 heterocycles. The van der Waals surface area contributed by atoms with Crippen LogP contribution in [0.2, 0.25) is 0 Å². The highest BCUT2D eigenvalue weighted by Crippen LogP contribution is 2.13. The van der Waals surface area contributed by atoms with Crippen molar-refractivity contribution in [3.05, 3.63) is 84.4 Å². The number of pyridine rings is 1. The minimum absolute atomic E-state index is 0.215. The van der Waals surface area contributed by atoms with E-state index in [1.807, 2.05) is 54.0 Å². The summed E-state index contributed by atoms with van der Waals surface area (Å²) in [6.45, 7) is 4.35. The molecular formula is C22H24N4O. The van der Waals surface area contributed by atoms with Gasteiger partial charge in [0, 0.05) is 63.2 Å². The van der Waals surface area contributed by atoms with E-state index in [4.69, 9.17) is 0 Å². The average molecular weight is 360 g/mol. The van der Waals surface area contributed by atoms with Crippen LogP contribution in [-0.2, 0) is 17.8 Å². The normalized spacial score (nSPS) is 15.0. The molecule has 1 amide bonds. The maximum absolute atomic E-state index is 12.6. The van der Waals surface area contributed by atoms with Crippen LogP contribution in [0.4, 0.5) is 0 Å². The summed E-state index contributed by atoms with van der Waals surface area (Å²) in [6, 6.07) is 16.3. The molecule has 4 rings (SSSR count). The van der Waals surface area contributed by atoms with Crippen LogP contribution in [0.15, 0.2) is 73.3 Å². The van der Waals surface area contributed by atoms with Crippen molar-refractivity contribution in [2.75, 3.05) is 26.2 Å². The molecule has 1 aliphatic rings. The first kappa shape index (κ1) is 17.5. The van der Waals surface area contributed by atoms with Crippen molar-refractivity contribution in [1.29, 1.82) is 0 Å². The van der Waals surface area contributed by atoms with Crippen molar-refractivity contribution in [1.82, 2.24) is 19.4 Å². The Bertz CT molecular complexity index is 851. The molecule has 3 aromatic rings. The Morgan fingerprint density at radius 2 is 1.52 bits per heavy atom. The van der Waals surface area contributed by atoms with Crippen LogP contribution in [0.1, 0.15) is 11.1 Å². The van der Waals surface area contributed by atoms with Gasteiger partial charge in [0.2, 0.25) is 5.91 Å². The van der Waals surface area contributed by atoms with Gasteiger partial charge in [-0.2, -0.15) is 0 Å². The van der Waals surface area contributed by atoms with Crippen molar-refractivity contribution >= 4 is 5.91 Å². The second-order valence-electron chi connectivity index (χ2n) is 6.95. The molecule has 1 aliphatic heterocycles. The SMILES string of the molecule is O=C(Cc1ccc(-n2cccc2)cc1)N1CCN(Cc2ccncc2)CC1. The predicted molar refractivity (Wildman–Crippen MR) is 106 cm³/mol. The summed E-state index contributed by atoms with van der Waals surface area (Å²) in [4.78, 5) is 21.1. The van der Waals surface area contributed by atoms with Crippen molar-refractivity contribution in [3.8, 4) is 5.69 Å². The molecule has 1 aromatic carbocycles. The summed E-state index contributed by atoms with van der Waals surface area (Å²) in [7, 11) is 0. The predicted octanol–water partition coefficient (Wildman–Crippen LogP) is 2.76. The molecule has 5 heteroatoms. The van der Waals surface area contributed by atoms with Gasteiger partial charge in [0.25, 0.3) is 0 Å². The van der Waals surface area contributed by atoms with E-state index in [-0.39, 0.29) is 5.91 Å². The Labute approximate surface area is 159 Å². The molecule has 0 spiro atoms. The summed E-state index contributed by atoms with van der Waals surface area (Å²) in [5.74, 6) is 0.215. The smallest absolute Gasteiger partial charge is 0.227 e. The third-order valence-electron chi connectivity index (χ3n) is 5.07. The number of amides is 1. The monoisotopic (exact) mass is 360 g/mol. The standard InChI is InChI=1S/C22H24N4O/c27-22(17-19-3-5-21(6-4-19)25-11-1-2-12-25)26-15-13-24(14-16-26)18-20-7-9-23-10-8-20/h1-12H,13-18H2. The number of carbonyl (C=O) groups is 1. The van der Waals surface area contributed by atoms with Gasteiger partial charge in [0.1, 0.15) is 0 Å². The number of rotatable bonds is 5. The Morgan fingerprint density at radius 3 is 2.19 bits per heavy atom. The van der Waals surface area contributed by atoms with Gasteiger partial charge in [-0.15, -0.1) is 0 Å². The van der Waals surface area contributed by atoms with Crippen LogP contribution in [-0.4, -0.2) is 51.4 Å². The fourth-order valence-corrected chi connectivity index (χ4v) is 3.48. The molecule has 1 saturated heterocycles. The first-order valence-electron chi connectivity index (χ1n) is 9.39. The first-order valence-corrected chi connectivity index (χ1v) is 9.39. The zero-order valence-corrected chi connectivity index (χ0v) is 15.4. The summed E-state index contributed by atoms with van der Waals surface area (Å²) >= 11 is 0. The fourth-order valence-electron chi connectivity index (χ4n) is 3.48. The Balaban J connectivity index is 1.28. The molecule has 1 fully saturated rings. The summed E-state index contributed by atoms with van der Waals surface area (Å²) < 4.78 is 2.06. The molecular weight excluding hydrogens is 336 g/mol. The molecule has 2 aromatic heterocycles. The van der Waals surface area contributed by atoms with Crippen molar-refractivity contribution in [3.63, 3.8) is 0 Å². The molecule has 0 saturated carbocycles. The van der Waals surface area contributed by atoms with Crippen LogP contribution in [0.25, 0.3) is 5.69 Å². The molecule has 0 aliphatic carbocycles. The number of carbonyl (C=O) groups excluding carboxylic acids is 1. The number of nitrogens with zero attached hydrogens (tertiary/aromatic N) is 4. The average Bonchev–Trinajstić information content (AvgIpc) is 3.25. The minimum atomic E-state index is 0.215. The molecule has 5 nitrogen and oxygen atoms in total. The van der Waals surface area contributed by atoms with Crippen LogP contribution < -0.4 is 0 Å². The zero-order valence-electron chi connectivity index (χ0n) is 15.4. The highest BCUT2D eigenvalue weighted by molar-refractivity contribution is 5.79. The molecule has 0 atom stereocenters. The van der Waals surface area contributed by atoms with Crippen LogP contribution in [0, 0.1) is 0 Å². The van der Waals surface area contributed by atoms with E-state index in [0.717, 1.165) is 44.0 Å². The Hall–Kier alpha value is -2.92. The van der Waals surface area contributed by atoms with Crippen molar-refractivity contribution in [2.24, 2.45) is 0 Å². The molecule has 0 N–H and O–H groups in total. The molecule has 0 bridgehead atoms. The molecule has 138 valence electrons. The number of aromatic nitrogens is 2. The lowest BCUT2D eigenvalue weighted by molar-refractivity contribution is -0.132. The van der Waals surface area contributed by atoms with Crippen molar-refractivity contribution < 1.29 is 4.79 Å². The van der Waals surface area contributed by atoms with E-state index < -0.39 is 0 Å². The topological polar surface area (TPSA) is 41.4 Å². The van der Waals surface area contributed by atoms with Gasteiger partial charge in [-0.3, -0.25) is 14.7 Å². The van der Waals surface area contributed by atoms with E-state index in [9.17, 15) is 4.79 Å². The van der Waals surface area contributed by atoms with Gasteiger partial charge in [-0.25, -0.2) is 0 Å². The second kappa shape index (κ2) is 8.18. The number of hydrogen-bond acceptors (Lipinski definition) is 3. The van der Waals surface area contributed by atoms with E-state index in [1.54, 1.807) is 0 Å². The van der Waals surface area contributed by atoms with Gasteiger partial charge in [-0.05, 0) is 47.5 Å². The lowest BCUT2D eigenvalue weighted by Gasteiger charge is -2.34. The Morgan fingerprint density at radius 1 is 0.852 bits per heavy atom. The van der Waals surface area contributed by atoms with E-state index >= 15 is 0 Å². The lowest BCUT2D eigenvalue weighted by Crippen LogP contribution is -2.48. The van der Waals surface area contributed by atoms with Gasteiger partial charge in [0.15, 0.2) is 0 Å². The van der Waals surface area contributed by atoms with Crippen molar-refractivity contribution in [2.45, 2.75) is 13.0 Å². The number of benzene rings is 1. The van der Waals surface area contributed by atoms with Gasteiger partial charge in [-0.1, -0.05) is 12.1 Å². The van der Waals surface area contributed by atoms with Crippen LogP contribution in [0.3, 0.4) is 0 Å². The van der Waals surface area contributed by atoms with E-state index in [0.29, 0.717) is 6.42 Å². The molecule has 0 unspecified atom stereocenters. The van der Waals surface area contributed by atoms with Gasteiger partial charge in [0.05, 0.1) is 6.42 Å². The van der Waals surface area contributed by atoms with E-state index in [1.165, 1.54) is 5.56 Å². The highest BCUT2D eigenvalue weighted by atomic mass is 16.2. The molecule has 0 radical (unpaired) electrons. The second-order valence-corrected chi connectivity index (χ2v) is 6.95. The van der Waals surface area contributed by atoms with Crippen LogP contribution in [0.5, 0.6) is 0 Å². The van der Waals surface area contributed by atoms with Gasteiger partial charge < -0.3 is 9.47 Å². The highest BCUT2D eigenvalue weighted by Gasteiger charge is 2.21. The fraction of sp³-hybridized carbons (Fsp3) is 0.273. The maximum atomic E-state index is 12.6.